The second-order valence-electron chi connectivity index (χ2n) is 4.63. The number of fused-ring (bicyclic) bond motifs is 1. The topological polar surface area (TPSA) is 52.1 Å². The van der Waals surface area contributed by atoms with E-state index >= 15 is 0 Å². The quantitative estimate of drug-likeness (QED) is 0.692. The average molecular weight is 298 g/mol. The minimum Gasteiger partial charge on any atom is -0.469 e. The van der Waals surface area contributed by atoms with Crippen molar-refractivity contribution in [1.29, 1.82) is 0 Å². The van der Waals surface area contributed by atoms with E-state index in [-0.39, 0.29) is 5.97 Å². The maximum atomic E-state index is 11.2. The molecule has 3 rings (SSSR count). The van der Waals surface area contributed by atoms with Crippen molar-refractivity contribution in [2.24, 2.45) is 0 Å². The van der Waals surface area contributed by atoms with Crippen molar-refractivity contribution in [3.8, 4) is 10.6 Å². The van der Waals surface area contributed by atoms with Crippen molar-refractivity contribution in [2.75, 3.05) is 7.11 Å². The van der Waals surface area contributed by atoms with Gasteiger partial charge in [0.25, 0.3) is 0 Å². The van der Waals surface area contributed by atoms with Crippen molar-refractivity contribution >= 4 is 28.1 Å². The third-order valence-electron chi connectivity index (χ3n) is 3.26. The first-order valence-electron chi connectivity index (χ1n) is 6.62. The summed E-state index contributed by atoms with van der Waals surface area (Å²) in [5.41, 5.74) is 1.94. The molecule has 0 bridgehead atoms. The molecule has 2 aromatic heterocycles. The van der Waals surface area contributed by atoms with E-state index < -0.39 is 0 Å². The van der Waals surface area contributed by atoms with E-state index in [4.69, 9.17) is 0 Å². The van der Waals surface area contributed by atoms with Crippen LogP contribution in [-0.2, 0) is 16.0 Å². The van der Waals surface area contributed by atoms with Gasteiger partial charge in [-0.2, -0.15) is 0 Å². The number of pyridine rings is 1. The Bertz CT molecular complexity index is 777. The van der Waals surface area contributed by atoms with Crippen LogP contribution in [0.15, 0.2) is 42.0 Å². The van der Waals surface area contributed by atoms with Gasteiger partial charge in [-0.25, -0.2) is 4.98 Å². The zero-order valence-corrected chi connectivity index (χ0v) is 12.4. The maximum absolute atomic E-state index is 11.2. The highest BCUT2D eigenvalue weighted by molar-refractivity contribution is 7.13. The molecule has 5 heteroatoms. The molecule has 0 saturated carbocycles. The highest BCUT2D eigenvalue weighted by atomic mass is 32.1. The number of esters is 1. The lowest BCUT2D eigenvalue weighted by molar-refractivity contribution is -0.140. The van der Waals surface area contributed by atoms with E-state index in [1.807, 2.05) is 36.0 Å². The first-order valence-corrected chi connectivity index (χ1v) is 7.50. The van der Waals surface area contributed by atoms with Crippen molar-refractivity contribution in [3.63, 3.8) is 0 Å². The maximum Gasteiger partial charge on any atom is 0.305 e. The average Bonchev–Trinajstić information content (AvgIpc) is 3.00. The molecule has 0 aliphatic rings. The molecule has 0 unspecified atom stereocenters. The molecule has 0 spiro atoms. The molecule has 2 heterocycles. The minimum atomic E-state index is -0.212. The number of thiazole rings is 1. The van der Waals surface area contributed by atoms with E-state index in [9.17, 15) is 4.79 Å². The molecule has 1 aromatic carbocycles. The molecule has 3 aromatic rings. The van der Waals surface area contributed by atoms with E-state index in [0.717, 1.165) is 27.0 Å². The summed E-state index contributed by atoms with van der Waals surface area (Å²) in [5, 5.41) is 5.15. The largest absolute Gasteiger partial charge is 0.469 e. The first kappa shape index (κ1) is 13.7. The molecule has 0 amide bonds. The number of aromatic nitrogens is 2. The molecule has 4 nitrogen and oxygen atoms in total. The van der Waals surface area contributed by atoms with E-state index in [1.54, 1.807) is 11.3 Å². The van der Waals surface area contributed by atoms with Gasteiger partial charge >= 0.3 is 5.97 Å². The number of ether oxygens (including phenoxy) is 1. The number of hydrogen-bond donors (Lipinski definition) is 0. The summed E-state index contributed by atoms with van der Waals surface area (Å²) in [6, 6.07) is 8.12. The number of hydrogen-bond acceptors (Lipinski definition) is 5. The predicted octanol–water partition coefficient (Wildman–Crippen LogP) is 3.46. The molecule has 0 aliphatic carbocycles. The van der Waals surface area contributed by atoms with Gasteiger partial charge in [0.1, 0.15) is 5.01 Å². The fourth-order valence-corrected chi connectivity index (χ4v) is 3.04. The number of rotatable bonds is 4. The van der Waals surface area contributed by atoms with E-state index in [1.165, 1.54) is 7.11 Å². The summed E-state index contributed by atoms with van der Waals surface area (Å²) >= 11 is 1.57. The SMILES string of the molecule is COC(=O)CCc1csc(-c2cncc3ccccc23)n1. The molecule has 0 N–H and O–H groups in total. The van der Waals surface area contributed by atoms with Gasteiger partial charge in [-0.1, -0.05) is 24.3 Å². The van der Waals surface area contributed by atoms with Gasteiger partial charge in [0, 0.05) is 35.1 Å². The van der Waals surface area contributed by atoms with Crippen molar-refractivity contribution in [3.05, 3.63) is 47.7 Å². The lowest BCUT2D eigenvalue weighted by atomic mass is 10.1. The summed E-state index contributed by atoms with van der Waals surface area (Å²) in [4.78, 5) is 20.1. The van der Waals surface area contributed by atoms with Crippen LogP contribution in [0.4, 0.5) is 0 Å². The molecule has 106 valence electrons. The van der Waals surface area contributed by atoms with Gasteiger partial charge < -0.3 is 4.74 Å². The summed E-state index contributed by atoms with van der Waals surface area (Å²) < 4.78 is 4.65. The Kier molecular flexibility index (Phi) is 3.92. The Morgan fingerprint density at radius 2 is 2.14 bits per heavy atom. The highest BCUT2D eigenvalue weighted by Gasteiger charge is 2.10. The van der Waals surface area contributed by atoms with Crippen LogP contribution in [-0.4, -0.2) is 23.0 Å². The number of carbonyl (C=O) groups excluding carboxylic acids is 1. The lowest BCUT2D eigenvalue weighted by Crippen LogP contribution is -2.01. The van der Waals surface area contributed by atoms with Gasteiger partial charge in [0.2, 0.25) is 0 Å². The number of carbonyl (C=O) groups is 1. The first-order chi connectivity index (χ1) is 10.3. The molecule has 0 atom stereocenters. The van der Waals surface area contributed by atoms with Crippen LogP contribution in [0.2, 0.25) is 0 Å². The summed E-state index contributed by atoms with van der Waals surface area (Å²) in [6.07, 6.45) is 4.64. The smallest absolute Gasteiger partial charge is 0.305 e. The predicted molar refractivity (Wildman–Crippen MR) is 83.2 cm³/mol. The van der Waals surface area contributed by atoms with Crippen LogP contribution in [0.25, 0.3) is 21.3 Å². The molecule has 0 saturated heterocycles. The van der Waals surface area contributed by atoms with Gasteiger partial charge in [-0.15, -0.1) is 11.3 Å². The zero-order valence-electron chi connectivity index (χ0n) is 11.6. The summed E-state index contributed by atoms with van der Waals surface area (Å²) in [5.74, 6) is -0.212. The van der Waals surface area contributed by atoms with Gasteiger partial charge in [-0.3, -0.25) is 9.78 Å². The summed E-state index contributed by atoms with van der Waals surface area (Å²) in [6.45, 7) is 0. The minimum absolute atomic E-state index is 0.212. The standard InChI is InChI=1S/C16H14N2O2S/c1-20-15(19)7-6-12-10-21-16(18-12)14-9-17-8-11-4-2-3-5-13(11)14/h2-5,8-10H,6-7H2,1H3. The molecule has 0 fully saturated rings. The Labute approximate surface area is 126 Å². The van der Waals surface area contributed by atoms with Crippen LogP contribution >= 0.6 is 11.3 Å². The van der Waals surface area contributed by atoms with Crippen molar-refractivity contribution in [2.45, 2.75) is 12.8 Å². The number of aryl methyl sites for hydroxylation is 1. The third-order valence-corrected chi connectivity index (χ3v) is 4.19. The fourth-order valence-electron chi connectivity index (χ4n) is 2.16. The fraction of sp³-hybridized carbons (Fsp3) is 0.188. The normalized spacial score (nSPS) is 10.7. The van der Waals surface area contributed by atoms with Gasteiger partial charge in [-0.05, 0) is 5.39 Å². The number of methoxy groups -OCH3 is 1. The Hall–Kier alpha value is -2.27. The third kappa shape index (κ3) is 2.92. The van der Waals surface area contributed by atoms with Crippen molar-refractivity contribution in [1.82, 2.24) is 9.97 Å². The van der Waals surface area contributed by atoms with Crippen molar-refractivity contribution < 1.29 is 9.53 Å². The van der Waals surface area contributed by atoms with E-state index in [0.29, 0.717) is 12.8 Å². The molecule has 21 heavy (non-hydrogen) atoms. The molecular weight excluding hydrogens is 284 g/mol. The van der Waals surface area contributed by atoms with Gasteiger partial charge in [0.05, 0.1) is 19.2 Å². The van der Waals surface area contributed by atoms with Crippen LogP contribution in [0.1, 0.15) is 12.1 Å². The zero-order chi connectivity index (χ0) is 14.7. The summed E-state index contributed by atoms with van der Waals surface area (Å²) in [7, 11) is 1.40. The molecular formula is C16H14N2O2S. The van der Waals surface area contributed by atoms with Crippen LogP contribution in [0, 0.1) is 0 Å². The lowest BCUT2D eigenvalue weighted by Gasteiger charge is -2.02. The van der Waals surface area contributed by atoms with Crippen LogP contribution < -0.4 is 0 Å². The van der Waals surface area contributed by atoms with Crippen LogP contribution in [0.3, 0.4) is 0 Å². The highest BCUT2D eigenvalue weighted by Crippen LogP contribution is 2.30. The monoisotopic (exact) mass is 298 g/mol. The number of benzene rings is 1. The molecule has 0 aliphatic heterocycles. The van der Waals surface area contributed by atoms with Gasteiger partial charge in [0.15, 0.2) is 0 Å². The molecule has 0 radical (unpaired) electrons. The Balaban J connectivity index is 1.90. The number of nitrogens with zero attached hydrogens (tertiary/aromatic N) is 2. The second-order valence-corrected chi connectivity index (χ2v) is 5.49. The Morgan fingerprint density at radius 3 is 3.00 bits per heavy atom. The van der Waals surface area contributed by atoms with E-state index in [2.05, 4.69) is 20.8 Å². The Morgan fingerprint density at radius 1 is 1.29 bits per heavy atom. The second kappa shape index (κ2) is 6.01. The van der Waals surface area contributed by atoms with Crippen LogP contribution in [0.5, 0.6) is 0 Å².